The van der Waals surface area contributed by atoms with Crippen molar-refractivity contribution in [1.29, 1.82) is 0 Å². The van der Waals surface area contributed by atoms with Crippen LogP contribution in [-0.2, 0) is 14.3 Å². The smallest absolute Gasteiger partial charge is 0.320 e. The van der Waals surface area contributed by atoms with Gasteiger partial charge in [0.05, 0.1) is 13.1 Å². The highest BCUT2D eigenvalue weighted by molar-refractivity contribution is 5.79. The molecular formula is C12H24N2O3. The van der Waals surface area contributed by atoms with E-state index in [-0.39, 0.29) is 25.0 Å². The van der Waals surface area contributed by atoms with Gasteiger partial charge in [0.1, 0.15) is 5.60 Å². The molecule has 0 aliphatic carbocycles. The molecule has 0 aromatic heterocycles. The molecule has 0 saturated carbocycles. The maximum Gasteiger partial charge on any atom is 0.320 e. The zero-order valence-electron chi connectivity index (χ0n) is 11.5. The van der Waals surface area contributed by atoms with E-state index in [9.17, 15) is 9.59 Å². The summed E-state index contributed by atoms with van der Waals surface area (Å²) < 4.78 is 5.20. The largest absolute Gasteiger partial charge is 0.459 e. The molecule has 0 bridgehead atoms. The van der Waals surface area contributed by atoms with Gasteiger partial charge in [-0.2, -0.15) is 0 Å². The van der Waals surface area contributed by atoms with E-state index in [4.69, 9.17) is 4.74 Å². The molecule has 1 N–H and O–H groups in total. The predicted molar refractivity (Wildman–Crippen MR) is 66.6 cm³/mol. The van der Waals surface area contributed by atoms with Gasteiger partial charge in [-0.15, -0.1) is 0 Å². The molecule has 0 radical (unpaired) electrons. The third kappa shape index (κ3) is 8.68. The normalized spacial score (nSPS) is 11.4. The third-order valence-corrected chi connectivity index (χ3v) is 1.96. The molecular weight excluding hydrogens is 220 g/mol. The first-order chi connectivity index (χ1) is 7.78. The quantitative estimate of drug-likeness (QED) is 0.702. The van der Waals surface area contributed by atoms with E-state index >= 15 is 0 Å². The second kappa shape index (κ2) is 7.27. The van der Waals surface area contributed by atoms with Gasteiger partial charge in [-0.25, -0.2) is 0 Å². The van der Waals surface area contributed by atoms with Crippen LogP contribution in [0.5, 0.6) is 0 Å². The molecule has 0 spiro atoms. The van der Waals surface area contributed by atoms with Crippen molar-refractivity contribution in [3.8, 4) is 0 Å². The van der Waals surface area contributed by atoms with Crippen molar-refractivity contribution >= 4 is 11.9 Å². The summed E-state index contributed by atoms with van der Waals surface area (Å²) in [5, 5.41) is 2.70. The van der Waals surface area contributed by atoms with Gasteiger partial charge in [0, 0.05) is 6.54 Å². The van der Waals surface area contributed by atoms with E-state index in [1.807, 2.05) is 34.6 Å². The lowest BCUT2D eigenvalue weighted by molar-refractivity contribution is -0.156. The number of nitrogens with one attached hydrogen (secondary N) is 1. The molecule has 0 aliphatic heterocycles. The topological polar surface area (TPSA) is 58.6 Å². The van der Waals surface area contributed by atoms with E-state index in [2.05, 4.69) is 5.32 Å². The fourth-order valence-electron chi connectivity index (χ4n) is 1.29. The Balaban J connectivity index is 4.13. The number of nitrogens with zero attached hydrogens (tertiary/aromatic N) is 1. The summed E-state index contributed by atoms with van der Waals surface area (Å²) in [6.45, 7) is 10.8. The molecule has 0 heterocycles. The minimum atomic E-state index is -0.484. The number of likely N-dealkylation sites (N-methyl/N-ethyl adjacent to an activating group) is 2. The standard InChI is InChI=1S/C12H24N2O3/c1-6-13-10(15)8-14(7-2)9-11(16)17-12(3,4)5/h6-9H2,1-5H3,(H,13,15). The van der Waals surface area contributed by atoms with Gasteiger partial charge in [0.2, 0.25) is 5.91 Å². The highest BCUT2D eigenvalue weighted by Crippen LogP contribution is 2.07. The van der Waals surface area contributed by atoms with Crippen LogP contribution < -0.4 is 5.32 Å². The second-order valence-corrected chi connectivity index (χ2v) is 4.84. The lowest BCUT2D eigenvalue weighted by Gasteiger charge is -2.23. The molecule has 5 nitrogen and oxygen atoms in total. The Morgan fingerprint density at radius 1 is 1.18 bits per heavy atom. The van der Waals surface area contributed by atoms with Crippen LogP contribution >= 0.6 is 0 Å². The van der Waals surface area contributed by atoms with E-state index in [0.717, 1.165) is 0 Å². The van der Waals surface area contributed by atoms with Crippen LogP contribution in [0.4, 0.5) is 0 Å². The molecule has 100 valence electrons. The van der Waals surface area contributed by atoms with Gasteiger partial charge in [-0.1, -0.05) is 6.92 Å². The number of carbonyl (C=O) groups is 2. The summed E-state index contributed by atoms with van der Waals surface area (Å²) in [7, 11) is 0. The van der Waals surface area contributed by atoms with Gasteiger partial charge in [0.25, 0.3) is 0 Å². The highest BCUT2D eigenvalue weighted by atomic mass is 16.6. The number of hydrogen-bond acceptors (Lipinski definition) is 4. The summed E-state index contributed by atoms with van der Waals surface area (Å²) >= 11 is 0. The van der Waals surface area contributed by atoms with E-state index in [1.54, 1.807) is 4.90 Å². The number of esters is 1. The van der Waals surface area contributed by atoms with Crippen molar-refractivity contribution in [2.24, 2.45) is 0 Å². The lowest BCUT2D eigenvalue weighted by atomic mass is 10.2. The molecule has 1 amide bonds. The van der Waals surface area contributed by atoms with Gasteiger partial charge < -0.3 is 10.1 Å². The third-order valence-electron chi connectivity index (χ3n) is 1.96. The van der Waals surface area contributed by atoms with Gasteiger partial charge >= 0.3 is 5.97 Å². The Morgan fingerprint density at radius 3 is 2.18 bits per heavy atom. The molecule has 0 atom stereocenters. The van der Waals surface area contributed by atoms with Crippen molar-refractivity contribution in [3.05, 3.63) is 0 Å². The van der Waals surface area contributed by atoms with Gasteiger partial charge in [-0.05, 0) is 34.2 Å². The Labute approximate surface area is 103 Å². The fraction of sp³-hybridized carbons (Fsp3) is 0.833. The molecule has 0 fully saturated rings. The first-order valence-electron chi connectivity index (χ1n) is 5.99. The Hall–Kier alpha value is -1.10. The van der Waals surface area contributed by atoms with E-state index in [1.165, 1.54) is 0 Å². The Bertz CT molecular complexity index is 259. The minimum absolute atomic E-state index is 0.0714. The van der Waals surface area contributed by atoms with Crippen molar-refractivity contribution in [2.45, 2.75) is 40.2 Å². The summed E-state index contributed by atoms with van der Waals surface area (Å²) in [6, 6.07) is 0. The number of rotatable bonds is 6. The molecule has 0 aliphatic rings. The Morgan fingerprint density at radius 2 is 1.76 bits per heavy atom. The summed E-state index contributed by atoms with van der Waals surface area (Å²) in [4.78, 5) is 24.7. The molecule has 0 saturated heterocycles. The Kier molecular flexibility index (Phi) is 6.80. The summed E-state index contributed by atoms with van der Waals surface area (Å²) in [6.07, 6.45) is 0. The summed E-state index contributed by atoms with van der Waals surface area (Å²) in [5.74, 6) is -0.374. The molecule has 0 aromatic carbocycles. The van der Waals surface area contributed by atoms with Crippen LogP contribution in [0.2, 0.25) is 0 Å². The highest BCUT2D eigenvalue weighted by Gasteiger charge is 2.19. The van der Waals surface area contributed by atoms with Crippen molar-refractivity contribution < 1.29 is 14.3 Å². The monoisotopic (exact) mass is 244 g/mol. The van der Waals surface area contributed by atoms with Crippen LogP contribution in [0.1, 0.15) is 34.6 Å². The molecule has 0 unspecified atom stereocenters. The van der Waals surface area contributed by atoms with Crippen molar-refractivity contribution in [1.82, 2.24) is 10.2 Å². The average Bonchev–Trinajstić information content (AvgIpc) is 2.13. The van der Waals surface area contributed by atoms with Gasteiger partial charge in [-0.3, -0.25) is 14.5 Å². The maximum atomic E-state index is 11.6. The van der Waals surface area contributed by atoms with E-state index in [0.29, 0.717) is 13.1 Å². The molecule has 17 heavy (non-hydrogen) atoms. The zero-order valence-corrected chi connectivity index (χ0v) is 11.5. The minimum Gasteiger partial charge on any atom is -0.459 e. The van der Waals surface area contributed by atoms with Crippen molar-refractivity contribution in [3.63, 3.8) is 0 Å². The first kappa shape index (κ1) is 15.9. The van der Waals surface area contributed by atoms with Crippen LogP contribution in [0.25, 0.3) is 0 Å². The fourth-order valence-corrected chi connectivity index (χ4v) is 1.29. The maximum absolute atomic E-state index is 11.6. The molecule has 0 aromatic rings. The van der Waals surface area contributed by atoms with Crippen LogP contribution in [0.3, 0.4) is 0 Å². The average molecular weight is 244 g/mol. The zero-order chi connectivity index (χ0) is 13.5. The van der Waals surface area contributed by atoms with Crippen LogP contribution in [-0.4, -0.2) is 48.6 Å². The van der Waals surface area contributed by atoms with Crippen molar-refractivity contribution in [2.75, 3.05) is 26.2 Å². The second-order valence-electron chi connectivity index (χ2n) is 4.84. The first-order valence-corrected chi connectivity index (χ1v) is 5.99. The summed E-state index contributed by atoms with van der Waals surface area (Å²) in [5.41, 5.74) is -0.484. The molecule has 5 heteroatoms. The number of carbonyl (C=O) groups excluding carboxylic acids is 2. The van der Waals surface area contributed by atoms with Gasteiger partial charge in [0.15, 0.2) is 0 Å². The number of amides is 1. The SMILES string of the molecule is CCNC(=O)CN(CC)CC(=O)OC(C)(C)C. The predicted octanol–water partition coefficient (Wildman–Crippen LogP) is 0.786. The number of hydrogen-bond donors (Lipinski definition) is 1. The number of ether oxygens (including phenoxy) is 1. The van der Waals surface area contributed by atoms with Crippen LogP contribution in [0.15, 0.2) is 0 Å². The molecule has 0 rings (SSSR count). The van der Waals surface area contributed by atoms with E-state index < -0.39 is 5.60 Å². The lowest BCUT2D eigenvalue weighted by Crippen LogP contribution is -2.41. The van der Waals surface area contributed by atoms with Crippen LogP contribution in [0, 0.1) is 0 Å².